The van der Waals surface area contributed by atoms with Gasteiger partial charge in [0.25, 0.3) is 11.8 Å². The lowest BCUT2D eigenvalue weighted by Gasteiger charge is -2.09. The van der Waals surface area contributed by atoms with E-state index in [9.17, 15) is 14.0 Å². The number of amides is 2. The van der Waals surface area contributed by atoms with E-state index in [4.69, 9.17) is 11.6 Å². The molecule has 0 unspecified atom stereocenters. The van der Waals surface area contributed by atoms with Crippen LogP contribution in [-0.4, -0.2) is 23.3 Å². The molecule has 0 saturated carbocycles. The Kier molecular flexibility index (Phi) is 6.34. The summed E-state index contributed by atoms with van der Waals surface area (Å²) >= 11 is 6.04. The van der Waals surface area contributed by atoms with Crippen LogP contribution in [0, 0.1) is 5.82 Å². The first-order valence-electron chi connectivity index (χ1n) is 8.58. The molecule has 0 saturated heterocycles. The van der Waals surface area contributed by atoms with Crippen LogP contribution in [0.2, 0.25) is 5.02 Å². The van der Waals surface area contributed by atoms with Crippen LogP contribution in [0.25, 0.3) is 0 Å². The molecule has 28 heavy (non-hydrogen) atoms. The molecule has 5 nitrogen and oxygen atoms in total. The van der Waals surface area contributed by atoms with E-state index in [0.29, 0.717) is 22.7 Å². The van der Waals surface area contributed by atoms with Gasteiger partial charge in [-0.2, -0.15) is 0 Å². The lowest BCUT2D eigenvalue weighted by Crippen LogP contribution is -2.27. The van der Waals surface area contributed by atoms with E-state index in [1.54, 1.807) is 42.5 Å². The van der Waals surface area contributed by atoms with Crippen LogP contribution in [0.4, 0.5) is 10.1 Å². The quantitative estimate of drug-likeness (QED) is 0.657. The number of halogens is 2. The number of aromatic nitrogens is 1. The van der Waals surface area contributed by atoms with Gasteiger partial charge in [0.15, 0.2) is 0 Å². The molecule has 1 aromatic heterocycles. The summed E-state index contributed by atoms with van der Waals surface area (Å²) < 4.78 is 13.6. The summed E-state index contributed by atoms with van der Waals surface area (Å²) in [6, 6.07) is 16.1. The number of carbonyl (C=O) groups is 2. The highest BCUT2D eigenvalue weighted by molar-refractivity contribution is 6.33. The van der Waals surface area contributed by atoms with Gasteiger partial charge in [-0.25, -0.2) is 4.39 Å². The summed E-state index contributed by atoms with van der Waals surface area (Å²) in [7, 11) is 0. The van der Waals surface area contributed by atoms with Crippen LogP contribution in [0.5, 0.6) is 0 Å². The first-order chi connectivity index (χ1) is 13.5. The Labute approximate surface area is 166 Å². The van der Waals surface area contributed by atoms with Crippen molar-refractivity contribution < 1.29 is 14.0 Å². The van der Waals surface area contributed by atoms with Crippen molar-refractivity contribution in [3.05, 3.63) is 94.5 Å². The van der Waals surface area contributed by atoms with Crippen molar-refractivity contribution in [2.75, 3.05) is 11.9 Å². The number of carbonyl (C=O) groups excluding carboxylic acids is 2. The highest BCUT2D eigenvalue weighted by Crippen LogP contribution is 2.21. The number of para-hydroxylation sites is 1. The van der Waals surface area contributed by atoms with Crippen LogP contribution in [0.1, 0.15) is 26.4 Å². The van der Waals surface area contributed by atoms with E-state index in [-0.39, 0.29) is 23.6 Å². The molecule has 2 N–H and O–H groups in total. The second kappa shape index (κ2) is 9.10. The molecule has 2 aromatic carbocycles. The Morgan fingerprint density at radius 2 is 1.75 bits per heavy atom. The lowest BCUT2D eigenvalue weighted by molar-refractivity contribution is 0.0949. The van der Waals surface area contributed by atoms with Gasteiger partial charge in [-0.05, 0) is 42.3 Å². The minimum absolute atomic E-state index is 0.0975. The molecule has 0 spiro atoms. The molecule has 0 aliphatic carbocycles. The summed E-state index contributed by atoms with van der Waals surface area (Å²) in [4.78, 5) is 28.7. The maximum absolute atomic E-state index is 13.6. The smallest absolute Gasteiger partial charge is 0.269 e. The minimum Gasteiger partial charge on any atom is -0.350 e. The van der Waals surface area contributed by atoms with Gasteiger partial charge in [0.2, 0.25) is 0 Å². The van der Waals surface area contributed by atoms with Crippen LogP contribution in [0.15, 0.2) is 66.9 Å². The molecule has 2 amide bonds. The van der Waals surface area contributed by atoms with E-state index in [1.165, 1.54) is 24.4 Å². The predicted octanol–water partition coefficient (Wildman–Crippen LogP) is 4.10. The van der Waals surface area contributed by atoms with Gasteiger partial charge in [-0.3, -0.25) is 14.6 Å². The Hall–Kier alpha value is -3.25. The Morgan fingerprint density at radius 1 is 1.00 bits per heavy atom. The monoisotopic (exact) mass is 397 g/mol. The largest absolute Gasteiger partial charge is 0.350 e. The van der Waals surface area contributed by atoms with Gasteiger partial charge < -0.3 is 10.6 Å². The van der Waals surface area contributed by atoms with Crippen LogP contribution < -0.4 is 10.6 Å². The topological polar surface area (TPSA) is 71.1 Å². The Bertz CT molecular complexity index is 1010. The highest BCUT2D eigenvalue weighted by atomic mass is 35.5. The molecule has 0 atom stereocenters. The van der Waals surface area contributed by atoms with Crippen molar-refractivity contribution >= 4 is 29.1 Å². The van der Waals surface area contributed by atoms with Crippen molar-refractivity contribution in [1.82, 2.24) is 10.3 Å². The third kappa shape index (κ3) is 4.92. The van der Waals surface area contributed by atoms with E-state index < -0.39 is 11.8 Å². The van der Waals surface area contributed by atoms with Gasteiger partial charge in [-0.15, -0.1) is 0 Å². The first kappa shape index (κ1) is 19.5. The molecule has 3 aromatic rings. The number of hydrogen-bond acceptors (Lipinski definition) is 3. The predicted molar refractivity (Wildman–Crippen MR) is 106 cm³/mol. The molecule has 7 heteroatoms. The third-order valence-electron chi connectivity index (χ3n) is 4.01. The summed E-state index contributed by atoms with van der Waals surface area (Å²) in [5.41, 5.74) is 1.36. The Balaban J connectivity index is 1.62. The zero-order valence-electron chi connectivity index (χ0n) is 14.8. The lowest BCUT2D eigenvalue weighted by atomic mass is 10.1. The molecule has 0 bridgehead atoms. The first-order valence-corrected chi connectivity index (χ1v) is 8.96. The molecule has 0 fully saturated rings. The average Bonchev–Trinajstić information content (AvgIpc) is 2.71. The maximum atomic E-state index is 13.6. The molecule has 1 heterocycles. The van der Waals surface area contributed by atoms with Gasteiger partial charge in [-0.1, -0.05) is 41.9 Å². The summed E-state index contributed by atoms with van der Waals surface area (Å²) in [5, 5.41) is 5.78. The zero-order valence-corrected chi connectivity index (χ0v) is 15.5. The van der Waals surface area contributed by atoms with E-state index in [2.05, 4.69) is 15.6 Å². The number of hydrogen-bond donors (Lipinski definition) is 2. The highest BCUT2D eigenvalue weighted by Gasteiger charge is 2.13. The summed E-state index contributed by atoms with van der Waals surface area (Å²) in [6.07, 6.45) is 1.73. The molecule has 0 radical (unpaired) electrons. The number of pyridine rings is 1. The normalized spacial score (nSPS) is 10.4. The van der Waals surface area contributed by atoms with Gasteiger partial charge >= 0.3 is 0 Å². The summed E-state index contributed by atoms with van der Waals surface area (Å²) in [6.45, 7) is 0.248. The fourth-order valence-corrected chi connectivity index (χ4v) is 2.74. The van der Waals surface area contributed by atoms with Gasteiger partial charge in [0.05, 0.1) is 10.7 Å². The second-order valence-electron chi connectivity index (χ2n) is 5.96. The van der Waals surface area contributed by atoms with Gasteiger partial charge in [0, 0.05) is 18.3 Å². The van der Waals surface area contributed by atoms with Crippen molar-refractivity contribution in [1.29, 1.82) is 0 Å². The van der Waals surface area contributed by atoms with Crippen LogP contribution in [-0.2, 0) is 6.42 Å². The second-order valence-corrected chi connectivity index (χ2v) is 6.37. The fourth-order valence-electron chi connectivity index (χ4n) is 2.56. The van der Waals surface area contributed by atoms with Crippen molar-refractivity contribution in [3.8, 4) is 0 Å². The molecule has 142 valence electrons. The average molecular weight is 398 g/mol. The third-order valence-corrected chi connectivity index (χ3v) is 4.34. The molecule has 0 aliphatic rings. The number of anilines is 1. The Morgan fingerprint density at radius 3 is 2.54 bits per heavy atom. The fraction of sp³-hybridized carbons (Fsp3) is 0.0952. The van der Waals surface area contributed by atoms with Crippen molar-refractivity contribution in [2.45, 2.75) is 6.42 Å². The SMILES string of the molecule is O=C(Nc1ccccc1Cl)c1ccnc(C(=O)NCCc2ccccc2F)c1. The molecular weight excluding hydrogens is 381 g/mol. The molecular formula is C21H17ClFN3O2. The van der Waals surface area contributed by atoms with Crippen LogP contribution in [0.3, 0.4) is 0 Å². The van der Waals surface area contributed by atoms with Crippen molar-refractivity contribution in [3.63, 3.8) is 0 Å². The van der Waals surface area contributed by atoms with Crippen LogP contribution >= 0.6 is 11.6 Å². The number of rotatable bonds is 6. The maximum Gasteiger partial charge on any atom is 0.269 e. The zero-order chi connectivity index (χ0) is 19.9. The van der Waals surface area contributed by atoms with E-state index in [0.717, 1.165) is 0 Å². The van der Waals surface area contributed by atoms with E-state index >= 15 is 0 Å². The number of nitrogens with zero attached hydrogens (tertiary/aromatic N) is 1. The van der Waals surface area contributed by atoms with Crippen molar-refractivity contribution in [2.24, 2.45) is 0 Å². The van der Waals surface area contributed by atoms with E-state index in [1.807, 2.05) is 0 Å². The molecule has 0 aliphatic heterocycles. The summed E-state index contributed by atoms with van der Waals surface area (Å²) in [5.74, 6) is -1.16. The molecule has 3 rings (SSSR count). The standard InChI is InChI=1S/C21H17ClFN3O2/c22-16-6-2-4-8-18(16)26-20(27)15-10-11-24-19(13-15)21(28)25-12-9-14-5-1-3-7-17(14)23/h1-8,10-11,13H,9,12H2,(H,25,28)(H,26,27). The number of nitrogens with one attached hydrogen (secondary N) is 2. The minimum atomic E-state index is -0.441. The van der Waals surface area contributed by atoms with Gasteiger partial charge in [0.1, 0.15) is 11.5 Å². The number of benzene rings is 2.